The summed E-state index contributed by atoms with van der Waals surface area (Å²) in [6, 6.07) is 0. The van der Waals surface area contributed by atoms with Gasteiger partial charge in [-0.1, -0.05) is 0 Å². The molecule has 0 spiro atoms. The minimum absolute atomic E-state index is 0.716. The van der Waals surface area contributed by atoms with Gasteiger partial charge in [0.15, 0.2) is 6.10 Å². The van der Waals surface area contributed by atoms with Gasteiger partial charge in [-0.05, 0) is 0 Å². The molecule has 0 aromatic rings. The van der Waals surface area contributed by atoms with E-state index in [0.29, 0.717) is 6.29 Å². The highest BCUT2D eigenvalue weighted by Gasteiger charge is 2.31. The third kappa shape index (κ3) is 3.94. The van der Waals surface area contributed by atoms with E-state index < -0.39 is 31.0 Å². The second-order valence-electron chi connectivity index (χ2n) is 2.45. The Labute approximate surface area is 80.4 Å². The summed E-state index contributed by atoms with van der Waals surface area (Å²) in [5, 5.41) is 44.4. The molecule has 0 aromatic heterocycles. The van der Waals surface area contributed by atoms with Gasteiger partial charge in [-0.15, -0.1) is 0 Å². The molecule has 0 radical (unpaired) electrons. The second kappa shape index (κ2) is 6.19. The maximum absolute atomic E-state index is 9.09. The van der Waals surface area contributed by atoms with Gasteiger partial charge in [-0.25, -0.2) is 12.9 Å². The average Bonchev–Trinajstić information content (AvgIpc) is 2.14. The van der Waals surface area contributed by atoms with Crippen molar-refractivity contribution in [1.29, 1.82) is 0 Å². The first-order valence-corrected chi connectivity index (χ1v) is 3.83. The number of aliphatic hydroxyl groups excluding tert-OH is 5. The van der Waals surface area contributed by atoms with E-state index in [1.54, 1.807) is 0 Å². The molecular formula is C6H12O6S. The van der Waals surface area contributed by atoms with Gasteiger partial charge in [0, 0.05) is 0 Å². The highest BCUT2D eigenvalue weighted by molar-refractivity contribution is 7.50. The number of aliphatic hydroxyl groups is 5. The first-order valence-electron chi connectivity index (χ1n) is 3.49. The first kappa shape index (κ1) is 12.7. The molecule has 0 saturated carbocycles. The molecule has 6 nitrogen and oxygen atoms in total. The summed E-state index contributed by atoms with van der Waals surface area (Å²) in [4.78, 5) is 0. The lowest BCUT2D eigenvalue weighted by molar-refractivity contribution is -0.243. The fourth-order valence-electron chi connectivity index (χ4n) is 0.675. The molecular weight excluding hydrogens is 200 g/mol. The van der Waals surface area contributed by atoms with Crippen molar-refractivity contribution in [1.82, 2.24) is 0 Å². The topological polar surface area (TPSA) is 112 Å². The zero-order valence-corrected chi connectivity index (χ0v) is 7.46. The van der Waals surface area contributed by atoms with Crippen molar-refractivity contribution in [2.24, 2.45) is 0 Å². The summed E-state index contributed by atoms with van der Waals surface area (Å²) in [5.74, 6) is 0. The monoisotopic (exact) mass is 212 g/mol. The fraction of sp³-hybridized carbons (Fsp3) is 0.833. The van der Waals surface area contributed by atoms with Crippen LogP contribution in [0.3, 0.4) is 0 Å². The highest BCUT2D eigenvalue weighted by Crippen LogP contribution is 2.03. The summed E-state index contributed by atoms with van der Waals surface area (Å²) in [7, 11) is 0. The van der Waals surface area contributed by atoms with Crippen molar-refractivity contribution in [2.45, 2.75) is 24.4 Å². The Hall–Kier alpha value is -0.310. The van der Waals surface area contributed by atoms with Gasteiger partial charge in [0.1, 0.15) is 18.3 Å². The SMILES string of the molecule is OC[C@@H](O)[C@H](O)[C@H](O)[C@@H](O)C=[O+][S-]. The maximum Gasteiger partial charge on any atom is 0.296 e. The van der Waals surface area contributed by atoms with Gasteiger partial charge in [0.25, 0.3) is 6.29 Å². The van der Waals surface area contributed by atoms with Crippen molar-refractivity contribution >= 4 is 19.2 Å². The van der Waals surface area contributed by atoms with Crippen LogP contribution in [0.4, 0.5) is 0 Å². The number of aldehydes is 1. The van der Waals surface area contributed by atoms with Gasteiger partial charge in [0.05, 0.1) is 6.61 Å². The maximum atomic E-state index is 9.09. The smallest absolute Gasteiger partial charge is 0.296 e. The second-order valence-corrected chi connectivity index (χ2v) is 2.65. The molecule has 0 aliphatic heterocycles. The normalized spacial score (nSPS) is 21.3. The molecule has 0 aliphatic carbocycles. The Morgan fingerprint density at radius 2 is 1.69 bits per heavy atom. The lowest BCUT2D eigenvalue weighted by Gasteiger charge is -2.21. The number of carbonyl (C=O) groups excluding carboxylic acids is 1. The Morgan fingerprint density at radius 3 is 2.08 bits per heavy atom. The molecule has 4 atom stereocenters. The third-order valence-corrected chi connectivity index (χ3v) is 1.59. The summed E-state index contributed by atoms with van der Waals surface area (Å²) in [5.41, 5.74) is 0. The largest absolute Gasteiger partial charge is 0.394 e. The van der Waals surface area contributed by atoms with E-state index in [1.165, 1.54) is 0 Å². The van der Waals surface area contributed by atoms with Gasteiger partial charge in [-0.3, -0.25) is 0 Å². The first-order chi connectivity index (χ1) is 6.04. The van der Waals surface area contributed by atoms with Crippen LogP contribution in [0.25, 0.3) is 0 Å². The average molecular weight is 212 g/mol. The van der Waals surface area contributed by atoms with Gasteiger partial charge in [0.2, 0.25) is 0 Å². The summed E-state index contributed by atoms with van der Waals surface area (Å²) in [6.45, 7) is -0.723. The molecule has 13 heavy (non-hydrogen) atoms. The quantitative estimate of drug-likeness (QED) is 0.185. The van der Waals surface area contributed by atoms with E-state index in [2.05, 4.69) is 16.8 Å². The molecule has 0 heterocycles. The van der Waals surface area contributed by atoms with Crippen LogP contribution in [-0.4, -0.2) is 62.8 Å². The summed E-state index contributed by atoms with van der Waals surface area (Å²) >= 11 is 4.01. The van der Waals surface area contributed by atoms with Crippen LogP contribution >= 0.6 is 0 Å². The van der Waals surface area contributed by atoms with E-state index >= 15 is 0 Å². The van der Waals surface area contributed by atoms with E-state index in [4.69, 9.17) is 25.5 Å². The van der Waals surface area contributed by atoms with E-state index in [1.807, 2.05) is 0 Å². The Bertz CT molecular complexity index is 163. The van der Waals surface area contributed by atoms with E-state index in [9.17, 15) is 0 Å². The molecule has 0 fully saturated rings. The van der Waals surface area contributed by atoms with Crippen LogP contribution in [0, 0.1) is 0 Å². The van der Waals surface area contributed by atoms with Crippen LogP contribution in [0.2, 0.25) is 0 Å². The van der Waals surface area contributed by atoms with Gasteiger partial charge < -0.3 is 29.4 Å². The molecule has 0 amide bonds. The fourth-order valence-corrected chi connectivity index (χ4v) is 0.789. The van der Waals surface area contributed by atoms with Crippen LogP contribution in [0.5, 0.6) is 0 Å². The summed E-state index contributed by atoms with van der Waals surface area (Å²) < 4.78 is 3.98. The molecule has 5 N–H and O–H groups in total. The number of hydrogen-bond acceptors (Lipinski definition) is 6. The van der Waals surface area contributed by atoms with Crippen LogP contribution < -0.4 is 0 Å². The Morgan fingerprint density at radius 1 is 1.15 bits per heavy atom. The van der Waals surface area contributed by atoms with E-state index in [-0.39, 0.29) is 0 Å². The van der Waals surface area contributed by atoms with Crippen LogP contribution in [0.15, 0.2) is 0 Å². The predicted molar refractivity (Wildman–Crippen MR) is 44.5 cm³/mol. The number of rotatable bonds is 5. The van der Waals surface area contributed by atoms with Crippen molar-refractivity contribution < 1.29 is 29.4 Å². The van der Waals surface area contributed by atoms with Crippen LogP contribution in [-0.2, 0) is 16.8 Å². The minimum atomic E-state index is -1.67. The lowest BCUT2D eigenvalue weighted by Crippen LogP contribution is -2.46. The van der Waals surface area contributed by atoms with Crippen molar-refractivity contribution in [2.75, 3.05) is 6.61 Å². The van der Waals surface area contributed by atoms with Gasteiger partial charge in [-0.2, -0.15) is 0 Å². The molecule has 0 aliphatic rings. The van der Waals surface area contributed by atoms with Crippen molar-refractivity contribution in [3.05, 3.63) is 0 Å². The van der Waals surface area contributed by atoms with Crippen molar-refractivity contribution in [3.8, 4) is 0 Å². The van der Waals surface area contributed by atoms with E-state index in [0.717, 1.165) is 0 Å². The molecule has 78 valence electrons. The third-order valence-electron chi connectivity index (χ3n) is 1.48. The molecule has 7 heteroatoms. The molecule has 0 saturated heterocycles. The minimum Gasteiger partial charge on any atom is -0.394 e. The Kier molecular flexibility index (Phi) is 6.04. The molecule has 0 rings (SSSR count). The zero-order chi connectivity index (χ0) is 10.4. The Balaban J connectivity index is 4.15. The highest BCUT2D eigenvalue weighted by atomic mass is 32.1. The molecule has 0 bridgehead atoms. The molecule has 0 unspecified atom stereocenters. The molecule has 0 aromatic carbocycles. The standard InChI is InChI=1S/C6H12O6S/c7-1-3(8)5(10)6(11)4(9)2-12-13/h2-11H,1H2/t3-,4+,5+,6-/m1/s1. The zero-order valence-electron chi connectivity index (χ0n) is 6.65. The number of hydrogen-bond donors (Lipinski definition) is 5. The summed E-state index contributed by atoms with van der Waals surface area (Å²) in [6.07, 6.45) is -5.66. The van der Waals surface area contributed by atoms with Gasteiger partial charge >= 0.3 is 0 Å². The van der Waals surface area contributed by atoms with Crippen LogP contribution in [0.1, 0.15) is 0 Å². The van der Waals surface area contributed by atoms with Crippen molar-refractivity contribution in [3.63, 3.8) is 0 Å². The predicted octanol–water partition coefficient (Wildman–Crippen LogP) is -3.38. The lowest BCUT2D eigenvalue weighted by atomic mass is 10.0.